The van der Waals surface area contributed by atoms with Crippen LogP contribution in [0.3, 0.4) is 0 Å². The van der Waals surface area contributed by atoms with Gasteiger partial charge in [-0.15, -0.1) is 0 Å². The average molecular weight is 272 g/mol. The number of amides is 1. The standard InChI is InChI=1S/C17H24N2O/c1-12-15(13-8-10-18-11-9-13)6-3-7-16(12)17(20)19-14-4-2-5-14/h3,6-7,13-14,18H,2,4-5,8-11H2,1H3,(H,19,20). The minimum Gasteiger partial charge on any atom is -0.349 e. The summed E-state index contributed by atoms with van der Waals surface area (Å²) < 4.78 is 0. The highest BCUT2D eigenvalue weighted by molar-refractivity contribution is 5.96. The van der Waals surface area contributed by atoms with Crippen LogP contribution in [-0.4, -0.2) is 25.0 Å². The number of piperidine rings is 1. The van der Waals surface area contributed by atoms with Gasteiger partial charge in [-0.25, -0.2) is 0 Å². The molecule has 0 spiro atoms. The summed E-state index contributed by atoms with van der Waals surface area (Å²) in [5.74, 6) is 0.718. The molecule has 0 atom stereocenters. The first kappa shape index (κ1) is 13.6. The second-order valence-corrected chi connectivity index (χ2v) is 6.15. The molecule has 3 nitrogen and oxygen atoms in total. The van der Waals surface area contributed by atoms with Crippen molar-refractivity contribution in [3.63, 3.8) is 0 Å². The topological polar surface area (TPSA) is 41.1 Å². The molecule has 1 saturated heterocycles. The Morgan fingerprint density at radius 3 is 2.60 bits per heavy atom. The second-order valence-electron chi connectivity index (χ2n) is 6.15. The third-order valence-corrected chi connectivity index (χ3v) is 4.84. The van der Waals surface area contributed by atoms with Gasteiger partial charge in [-0.2, -0.15) is 0 Å². The van der Waals surface area contributed by atoms with Crippen LogP contribution in [0.15, 0.2) is 18.2 Å². The van der Waals surface area contributed by atoms with Gasteiger partial charge in [0.25, 0.3) is 5.91 Å². The van der Waals surface area contributed by atoms with E-state index in [4.69, 9.17) is 0 Å². The van der Waals surface area contributed by atoms with Crippen molar-refractivity contribution >= 4 is 5.91 Å². The summed E-state index contributed by atoms with van der Waals surface area (Å²) in [5.41, 5.74) is 3.41. The Labute approximate surface area is 121 Å². The Hall–Kier alpha value is -1.35. The number of carbonyl (C=O) groups excluding carboxylic acids is 1. The largest absolute Gasteiger partial charge is 0.349 e. The van der Waals surface area contributed by atoms with Crippen molar-refractivity contribution in [3.05, 3.63) is 34.9 Å². The first-order chi connectivity index (χ1) is 9.75. The number of benzene rings is 1. The lowest BCUT2D eigenvalue weighted by Crippen LogP contribution is -2.39. The molecule has 3 rings (SSSR count). The van der Waals surface area contributed by atoms with Crippen molar-refractivity contribution in [1.82, 2.24) is 10.6 Å². The smallest absolute Gasteiger partial charge is 0.251 e. The molecule has 2 aliphatic rings. The first-order valence-electron chi connectivity index (χ1n) is 7.87. The maximum atomic E-state index is 12.4. The minimum atomic E-state index is 0.114. The van der Waals surface area contributed by atoms with E-state index in [2.05, 4.69) is 23.6 Å². The van der Waals surface area contributed by atoms with Gasteiger partial charge in [-0.05, 0) is 75.2 Å². The molecule has 1 aliphatic heterocycles. The summed E-state index contributed by atoms with van der Waals surface area (Å²) in [6.45, 7) is 4.28. The molecule has 0 radical (unpaired) electrons. The fourth-order valence-electron chi connectivity index (χ4n) is 3.29. The van der Waals surface area contributed by atoms with E-state index in [9.17, 15) is 4.79 Å². The molecular weight excluding hydrogens is 248 g/mol. The zero-order valence-corrected chi connectivity index (χ0v) is 12.2. The summed E-state index contributed by atoms with van der Waals surface area (Å²) in [6, 6.07) is 6.61. The fourth-order valence-corrected chi connectivity index (χ4v) is 3.29. The average Bonchev–Trinajstić information content (AvgIpc) is 2.44. The van der Waals surface area contributed by atoms with Gasteiger partial charge in [-0.3, -0.25) is 4.79 Å². The zero-order chi connectivity index (χ0) is 13.9. The second kappa shape index (κ2) is 5.96. The SMILES string of the molecule is Cc1c(C(=O)NC2CCC2)cccc1C1CCNCC1. The van der Waals surface area contributed by atoms with E-state index in [1.165, 1.54) is 30.4 Å². The third kappa shape index (κ3) is 2.73. The van der Waals surface area contributed by atoms with Crippen LogP contribution in [0.4, 0.5) is 0 Å². The van der Waals surface area contributed by atoms with Crippen LogP contribution in [0.5, 0.6) is 0 Å². The lowest BCUT2D eigenvalue weighted by Gasteiger charge is -2.28. The van der Waals surface area contributed by atoms with Gasteiger partial charge in [0.2, 0.25) is 0 Å². The molecule has 2 N–H and O–H groups in total. The normalized spacial score (nSPS) is 20.4. The van der Waals surface area contributed by atoms with E-state index >= 15 is 0 Å². The Bertz CT molecular complexity index is 488. The van der Waals surface area contributed by atoms with Crippen molar-refractivity contribution in [2.75, 3.05) is 13.1 Å². The number of nitrogens with one attached hydrogen (secondary N) is 2. The molecule has 1 amide bonds. The van der Waals surface area contributed by atoms with E-state index in [-0.39, 0.29) is 5.91 Å². The molecule has 1 aromatic rings. The number of carbonyl (C=O) groups is 1. The molecule has 0 aromatic heterocycles. The van der Waals surface area contributed by atoms with Crippen LogP contribution in [-0.2, 0) is 0 Å². The third-order valence-electron chi connectivity index (χ3n) is 4.84. The summed E-state index contributed by atoms with van der Waals surface area (Å²) in [6.07, 6.45) is 5.87. The maximum absolute atomic E-state index is 12.4. The summed E-state index contributed by atoms with van der Waals surface area (Å²) in [4.78, 5) is 12.4. The zero-order valence-electron chi connectivity index (χ0n) is 12.2. The Morgan fingerprint density at radius 1 is 1.20 bits per heavy atom. The minimum absolute atomic E-state index is 0.114. The molecule has 2 fully saturated rings. The Kier molecular flexibility index (Phi) is 4.06. The first-order valence-corrected chi connectivity index (χ1v) is 7.87. The highest BCUT2D eigenvalue weighted by atomic mass is 16.1. The van der Waals surface area contributed by atoms with Crippen molar-refractivity contribution in [3.8, 4) is 0 Å². The van der Waals surface area contributed by atoms with Crippen LogP contribution in [0.1, 0.15) is 59.5 Å². The lowest BCUT2D eigenvalue weighted by molar-refractivity contribution is 0.0916. The van der Waals surface area contributed by atoms with Crippen LogP contribution in [0.2, 0.25) is 0 Å². The molecular formula is C17H24N2O. The van der Waals surface area contributed by atoms with Crippen LogP contribution >= 0.6 is 0 Å². The van der Waals surface area contributed by atoms with E-state index < -0.39 is 0 Å². The van der Waals surface area contributed by atoms with Crippen LogP contribution in [0.25, 0.3) is 0 Å². The quantitative estimate of drug-likeness (QED) is 0.888. The summed E-state index contributed by atoms with van der Waals surface area (Å²) in [7, 11) is 0. The number of rotatable bonds is 3. The molecule has 20 heavy (non-hydrogen) atoms. The van der Waals surface area contributed by atoms with E-state index in [1.54, 1.807) is 0 Å². The highest BCUT2D eigenvalue weighted by Crippen LogP contribution is 2.29. The fraction of sp³-hybridized carbons (Fsp3) is 0.588. The van der Waals surface area contributed by atoms with Crippen LogP contribution in [0, 0.1) is 6.92 Å². The van der Waals surface area contributed by atoms with E-state index in [0.29, 0.717) is 12.0 Å². The van der Waals surface area contributed by atoms with Crippen molar-refractivity contribution in [1.29, 1.82) is 0 Å². The molecule has 3 heteroatoms. The number of hydrogen-bond acceptors (Lipinski definition) is 2. The molecule has 0 bridgehead atoms. The van der Waals surface area contributed by atoms with Gasteiger partial charge >= 0.3 is 0 Å². The highest BCUT2D eigenvalue weighted by Gasteiger charge is 2.23. The number of hydrogen-bond donors (Lipinski definition) is 2. The van der Waals surface area contributed by atoms with Gasteiger partial charge in [0.05, 0.1) is 0 Å². The van der Waals surface area contributed by atoms with Gasteiger partial charge in [-0.1, -0.05) is 12.1 Å². The molecule has 1 aliphatic carbocycles. The van der Waals surface area contributed by atoms with Gasteiger partial charge in [0, 0.05) is 11.6 Å². The van der Waals surface area contributed by atoms with E-state index in [1.807, 2.05) is 12.1 Å². The lowest BCUT2D eigenvalue weighted by atomic mass is 9.85. The predicted molar refractivity (Wildman–Crippen MR) is 81.1 cm³/mol. The maximum Gasteiger partial charge on any atom is 0.251 e. The van der Waals surface area contributed by atoms with Crippen molar-refractivity contribution < 1.29 is 4.79 Å². The van der Waals surface area contributed by atoms with Crippen molar-refractivity contribution in [2.45, 2.75) is 51.0 Å². The molecule has 1 saturated carbocycles. The summed E-state index contributed by atoms with van der Waals surface area (Å²) in [5, 5.41) is 6.56. The van der Waals surface area contributed by atoms with Gasteiger partial charge < -0.3 is 10.6 Å². The Morgan fingerprint density at radius 2 is 1.95 bits per heavy atom. The van der Waals surface area contributed by atoms with Crippen molar-refractivity contribution in [2.24, 2.45) is 0 Å². The van der Waals surface area contributed by atoms with Gasteiger partial charge in [0.1, 0.15) is 0 Å². The van der Waals surface area contributed by atoms with Gasteiger partial charge in [0.15, 0.2) is 0 Å². The molecule has 0 unspecified atom stereocenters. The summed E-state index contributed by atoms with van der Waals surface area (Å²) >= 11 is 0. The predicted octanol–water partition coefficient (Wildman–Crippen LogP) is 2.74. The molecule has 108 valence electrons. The van der Waals surface area contributed by atoms with Crippen LogP contribution < -0.4 is 10.6 Å². The Balaban J connectivity index is 1.78. The van der Waals surface area contributed by atoms with E-state index in [0.717, 1.165) is 31.5 Å². The monoisotopic (exact) mass is 272 g/mol. The molecule has 1 aromatic carbocycles. The molecule has 1 heterocycles.